The number of rotatable bonds is 3. The Hall–Kier alpha value is -1.39. The van der Waals surface area contributed by atoms with Gasteiger partial charge in [-0.1, -0.05) is 6.42 Å². The molecule has 14 heavy (non-hydrogen) atoms. The van der Waals surface area contributed by atoms with Crippen LogP contribution >= 0.6 is 0 Å². The average molecular weight is 194 g/mol. The van der Waals surface area contributed by atoms with Gasteiger partial charge in [0.2, 0.25) is 5.82 Å². The van der Waals surface area contributed by atoms with Crippen LogP contribution in [0.1, 0.15) is 36.8 Å². The van der Waals surface area contributed by atoms with Crippen LogP contribution in [-0.2, 0) is 0 Å². The van der Waals surface area contributed by atoms with Gasteiger partial charge in [-0.3, -0.25) is 9.89 Å². The quantitative estimate of drug-likeness (QED) is 0.745. The number of nitrogens with zero attached hydrogens (tertiary/aromatic N) is 2. The molecule has 5 nitrogen and oxygen atoms in total. The van der Waals surface area contributed by atoms with E-state index in [1.807, 2.05) is 6.92 Å². The molecule has 1 amide bonds. The molecule has 0 aromatic carbocycles. The largest absolute Gasteiger partial charge is 0.347 e. The van der Waals surface area contributed by atoms with E-state index in [2.05, 4.69) is 20.5 Å². The highest BCUT2D eigenvalue weighted by atomic mass is 16.2. The molecule has 76 valence electrons. The van der Waals surface area contributed by atoms with Gasteiger partial charge in [-0.05, 0) is 25.7 Å². The first-order valence-electron chi connectivity index (χ1n) is 4.93. The first kappa shape index (κ1) is 9.18. The fourth-order valence-electron chi connectivity index (χ4n) is 1.65. The minimum Gasteiger partial charge on any atom is -0.347 e. The molecule has 0 bridgehead atoms. The summed E-state index contributed by atoms with van der Waals surface area (Å²) < 4.78 is 0. The van der Waals surface area contributed by atoms with Gasteiger partial charge in [-0.25, -0.2) is 4.98 Å². The third-order valence-corrected chi connectivity index (χ3v) is 2.85. The maximum atomic E-state index is 11.5. The van der Waals surface area contributed by atoms with Gasteiger partial charge < -0.3 is 5.32 Å². The molecule has 0 saturated heterocycles. The van der Waals surface area contributed by atoms with E-state index >= 15 is 0 Å². The maximum Gasteiger partial charge on any atom is 0.288 e. The highest BCUT2D eigenvalue weighted by Gasteiger charge is 2.25. The van der Waals surface area contributed by atoms with Crippen molar-refractivity contribution in [2.45, 2.75) is 32.2 Å². The second-order valence-electron chi connectivity index (χ2n) is 3.79. The Bertz CT molecular complexity index is 305. The highest BCUT2D eigenvalue weighted by Crippen LogP contribution is 2.29. The van der Waals surface area contributed by atoms with Crippen LogP contribution in [0.3, 0.4) is 0 Å². The van der Waals surface area contributed by atoms with E-state index in [4.69, 9.17) is 0 Å². The number of hydrogen-bond acceptors (Lipinski definition) is 3. The molecule has 2 N–H and O–H groups in total. The Kier molecular flexibility index (Phi) is 2.47. The molecule has 5 heteroatoms. The number of carbonyl (C=O) groups excluding carboxylic acids is 1. The van der Waals surface area contributed by atoms with Crippen LogP contribution < -0.4 is 5.32 Å². The Labute approximate surface area is 82.3 Å². The van der Waals surface area contributed by atoms with Gasteiger partial charge >= 0.3 is 0 Å². The van der Waals surface area contributed by atoms with Crippen molar-refractivity contribution in [1.82, 2.24) is 20.5 Å². The van der Waals surface area contributed by atoms with Crippen LogP contribution in [0.5, 0.6) is 0 Å². The van der Waals surface area contributed by atoms with Gasteiger partial charge in [0, 0.05) is 6.04 Å². The van der Waals surface area contributed by atoms with Crippen LogP contribution in [0.4, 0.5) is 0 Å². The lowest BCUT2D eigenvalue weighted by Gasteiger charge is -2.31. The summed E-state index contributed by atoms with van der Waals surface area (Å²) in [7, 11) is 0. The minimum absolute atomic E-state index is 0.165. The molecule has 1 aromatic rings. The molecule has 0 radical (unpaired) electrons. The Morgan fingerprint density at radius 1 is 1.71 bits per heavy atom. The van der Waals surface area contributed by atoms with Crippen molar-refractivity contribution in [3.8, 4) is 0 Å². The van der Waals surface area contributed by atoms with Crippen molar-refractivity contribution in [2.75, 3.05) is 0 Å². The van der Waals surface area contributed by atoms with Gasteiger partial charge in [0.15, 0.2) is 0 Å². The highest BCUT2D eigenvalue weighted by molar-refractivity contribution is 5.90. The Morgan fingerprint density at radius 3 is 3.00 bits per heavy atom. The first-order chi connectivity index (χ1) is 6.77. The third kappa shape index (κ3) is 1.76. The topological polar surface area (TPSA) is 70.7 Å². The van der Waals surface area contributed by atoms with E-state index in [1.165, 1.54) is 25.6 Å². The van der Waals surface area contributed by atoms with Crippen LogP contribution in [0.2, 0.25) is 0 Å². The van der Waals surface area contributed by atoms with E-state index in [0.29, 0.717) is 5.92 Å². The van der Waals surface area contributed by atoms with E-state index < -0.39 is 0 Å². The number of carbonyl (C=O) groups is 1. The van der Waals surface area contributed by atoms with Crippen molar-refractivity contribution >= 4 is 5.91 Å². The monoisotopic (exact) mass is 194 g/mol. The zero-order valence-electron chi connectivity index (χ0n) is 8.16. The van der Waals surface area contributed by atoms with Crippen LogP contribution in [0, 0.1) is 5.92 Å². The van der Waals surface area contributed by atoms with Crippen molar-refractivity contribution in [2.24, 2.45) is 5.92 Å². The van der Waals surface area contributed by atoms with E-state index in [1.54, 1.807) is 0 Å². The number of nitrogens with one attached hydrogen (secondary N) is 2. The van der Waals surface area contributed by atoms with Gasteiger partial charge in [0.05, 0.1) is 0 Å². The zero-order chi connectivity index (χ0) is 9.97. The van der Waals surface area contributed by atoms with Crippen molar-refractivity contribution < 1.29 is 4.79 Å². The molecule has 0 aliphatic heterocycles. The second kappa shape index (κ2) is 3.77. The average Bonchev–Trinajstić information content (AvgIpc) is 2.51. The molecule has 2 rings (SSSR count). The molecule has 1 aliphatic carbocycles. The Balaban J connectivity index is 1.87. The zero-order valence-corrected chi connectivity index (χ0v) is 8.16. The summed E-state index contributed by atoms with van der Waals surface area (Å²) in [4.78, 5) is 15.3. The summed E-state index contributed by atoms with van der Waals surface area (Å²) in [5.41, 5.74) is 0. The lowest BCUT2D eigenvalue weighted by Crippen LogP contribution is -2.41. The number of H-pyrrole nitrogens is 1. The summed E-state index contributed by atoms with van der Waals surface area (Å²) in [5, 5.41) is 9.09. The van der Waals surface area contributed by atoms with E-state index in [-0.39, 0.29) is 17.8 Å². The fourth-order valence-corrected chi connectivity index (χ4v) is 1.65. The van der Waals surface area contributed by atoms with Gasteiger partial charge in [0.1, 0.15) is 6.33 Å². The summed E-state index contributed by atoms with van der Waals surface area (Å²) in [6.45, 7) is 2.04. The SMILES string of the molecule is CC(NC(=O)c1ncn[nH]1)C1CCC1. The summed E-state index contributed by atoms with van der Waals surface area (Å²) in [6, 6.07) is 0.237. The second-order valence-corrected chi connectivity index (χ2v) is 3.79. The molecule has 1 atom stereocenters. The van der Waals surface area contributed by atoms with Crippen LogP contribution in [0.15, 0.2) is 6.33 Å². The Morgan fingerprint density at radius 2 is 2.50 bits per heavy atom. The van der Waals surface area contributed by atoms with Gasteiger partial charge in [-0.2, -0.15) is 5.10 Å². The lowest BCUT2D eigenvalue weighted by atomic mass is 9.80. The molecular weight excluding hydrogens is 180 g/mol. The summed E-state index contributed by atoms with van der Waals surface area (Å²) in [6.07, 6.45) is 5.06. The van der Waals surface area contributed by atoms with Crippen molar-refractivity contribution in [1.29, 1.82) is 0 Å². The number of aromatic amines is 1. The molecule has 1 heterocycles. The van der Waals surface area contributed by atoms with Gasteiger partial charge in [0.25, 0.3) is 5.91 Å². The fraction of sp³-hybridized carbons (Fsp3) is 0.667. The minimum atomic E-state index is -0.165. The normalized spacial score (nSPS) is 18.6. The molecule has 1 saturated carbocycles. The molecule has 1 aliphatic rings. The van der Waals surface area contributed by atoms with E-state index in [9.17, 15) is 4.79 Å². The molecule has 1 unspecified atom stereocenters. The first-order valence-corrected chi connectivity index (χ1v) is 4.93. The number of hydrogen-bond donors (Lipinski definition) is 2. The van der Waals surface area contributed by atoms with Crippen molar-refractivity contribution in [3.63, 3.8) is 0 Å². The third-order valence-electron chi connectivity index (χ3n) is 2.85. The van der Waals surface area contributed by atoms with E-state index in [0.717, 1.165) is 0 Å². The predicted octanol–water partition coefficient (Wildman–Crippen LogP) is 0.723. The summed E-state index contributed by atoms with van der Waals surface area (Å²) >= 11 is 0. The standard InChI is InChI=1S/C9H14N4O/c1-6(7-3-2-4-7)12-9(14)8-10-5-11-13-8/h5-7H,2-4H2,1H3,(H,12,14)(H,10,11,13). The lowest BCUT2D eigenvalue weighted by molar-refractivity contribution is 0.0899. The van der Waals surface area contributed by atoms with Crippen molar-refractivity contribution in [3.05, 3.63) is 12.2 Å². The maximum absolute atomic E-state index is 11.5. The van der Waals surface area contributed by atoms with Crippen LogP contribution in [0.25, 0.3) is 0 Å². The predicted molar refractivity (Wildman–Crippen MR) is 50.7 cm³/mol. The molecule has 1 aromatic heterocycles. The smallest absolute Gasteiger partial charge is 0.288 e. The molecule has 1 fully saturated rings. The molecular formula is C9H14N4O. The summed E-state index contributed by atoms with van der Waals surface area (Å²) in [5.74, 6) is 0.764. The number of amides is 1. The number of aromatic nitrogens is 3. The van der Waals surface area contributed by atoms with Gasteiger partial charge in [-0.15, -0.1) is 0 Å². The molecule has 0 spiro atoms. The van der Waals surface area contributed by atoms with Crippen LogP contribution in [-0.4, -0.2) is 27.1 Å².